The zero-order valence-corrected chi connectivity index (χ0v) is 14.9. The summed E-state index contributed by atoms with van der Waals surface area (Å²) >= 11 is 0. The van der Waals surface area contributed by atoms with Crippen LogP contribution in [0.3, 0.4) is 0 Å². The maximum Gasteiger partial charge on any atom is 0.257 e. The lowest BCUT2D eigenvalue weighted by molar-refractivity contribution is 0.102. The summed E-state index contributed by atoms with van der Waals surface area (Å²) in [6.45, 7) is 0.542. The van der Waals surface area contributed by atoms with Crippen LogP contribution in [-0.2, 0) is 6.42 Å². The molecule has 1 heterocycles. The summed E-state index contributed by atoms with van der Waals surface area (Å²) < 4.78 is 18.8. The van der Waals surface area contributed by atoms with E-state index in [0.29, 0.717) is 41.3 Å². The number of carbonyl (C=O) groups excluding carboxylic acids is 1. The molecule has 0 unspecified atom stereocenters. The molecular weight excluding hydrogens is 345 g/mol. The fourth-order valence-corrected chi connectivity index (χ4v) is 2.60. The predicted molar refractivity (Wildman–Crippen MR) is 104 cm³/mol. The van der Waals surface area contributed by atoms with Gasteiger partial charge in [0.1, 0.15) is 17.4 Å². The number of ether oxygens (including phenoxy) is 1. The van der Waals surface area contributed by atoms with Gasteiger partial charge in [0.15, 0.2) is 0 Å². The van der Waals surface area contributed by atoms with Crippen LogP contribution in [0.2, 0.25) is 0 Å². The van der Waals surface area contributed by atoms with Gasteiger partial charge in [0.25, 0.3) is 5.91 Å². The van der Waals surface area contributed by atoms with Crippen molar-refractivity contribution in [1.82, 2.24) is 4.98 Å². The largest absolute Gasteiger partial charge is 0.495 e. The number of rotatable bonds is 7. The van der Waals surface area contributed by atoms with Gasteiger partial charge in [-0.25, -0.2) is 9.37 Å². The number of nitrogens with zero attached hydrogens (tertiary/aromatic N) is 1. The smallest absolute Gasteiger partial charge is 0.257 e. The summed E-state index contributed by atoms with van der Waals surface area (Å²) in [5.41, 5.74) is 1.68. The molecule has 6 heteroatoms. The maximum atomic E-state index is 13.6. The molecular formula is C21H20FN3O2. The van der Waals surface area contributed by atoms with Gasteiger partial charge in [-0.1, -0.05) is 30.3 Å². The van der Waals surface area contributed by atoms with Gasteiger partial charge in [-0.3, -0.25) is 4.79 Å². The van der Waals surface area contributed by atoms with Crippen molar-refractivity contribution in [2.75, 3.05) is 24.3 Å². The molecule has 0 spiro atoms. The summed E-state index contributed by atoms with van der Waals surface area (Å²) in [4.78, 5) is 16.6. The summed E-state index contributed by atoms with van der Waals surface area (Å²) in [5.74, 6) is 0.728. The van der Waals surface area contributed by atoms with Gasteiger partial charge in [0.2, 0.25) is 0 Å². The number of nitrogens with one attached hydrogen (secondary N) is 2. The Morgan fingerprint density at radius 3 is 2.59 bits per heavy atom. The van der Waals surface area contributed by atoms with Crippen molar-refractivity contribution in [3.63, 3.8) is 0 Å². The van der Waals surface area contributed by atoms with E-state index >= 15 is 0 Å². The van der Waals surface area contributed by atoms with E-state index in [0.717, 1.165) is 0 Å². The highest BCUT2D eigenvalue weighted by atomic mass is 19.1. The lowest BCUT2D eigenvalue weighted by Gasteiger charge is -2.10. The van der Waals surface area contributed by atoms with Crippen LogP contribution in [0.1, 0.15) is 15.9 Å². The van der Waals surface area contributed by atoms with Gasteiger partial charge >= 0.3 is 0 Å². The molecule has 3 aromatic rings. The fourth-order valence-electron chi connectivity index (χ4n) is 2.60. The van der Waals surface area contributed by atoms with Crippen molar-refractivity contribution in [2.45, 2.75) is 6.42 Å². The molecule has 0 saturated heterocycles. The normalized spacial score (nSPS) is 10.3. The zero-order valence-electron chi connectivity index (χ0n) is 14.9. The van der Waals surface area contributed by atoms with Crippen LogP contribution < -0.4 is 15.4 Å². The molecule has 2 aromatic carbocycles. The first-order valence-corrected chi connectivity index (χ1v) is 8.55. The zero-order chi connectivity index (χ0) is 19.1. The second kappa shape index (κ2) is 8.80. The molecule has 138 valence electrons. The first-order chi connectivity index (χ1) is 13.2. The molecule has 0 fully saturated rings. The highest BCUT2D eigenvalue weighted by Gasteiger charge is 2.10. The van der Waals surface area contributed by atoms with E-state index in [4.69, 9.17) is 4.74 Å². The van der Waals surface area contributed by atoms with E-state index in [1.807, 2.05) is 18.2 Å². The molecule has 3 rings (SSSR count). The molecule has 0 atom stereocenters. The number of hydrogen-bond acceptors (Lipinski definition) is 4. The number of aromatic nitrogens is 1. The Labute approximate surface area is 157 Å². The van der Waals surface area contributed by atoms with E-state index < -0.39 is 0 Å². The van der Waals surface area contributed by atoms with Crippen molar-refractivity contribution >= 4 is 17.4 Å². The van der Waals surface area contributed by atoms with Crippen LogP contribution in [-0.4, -0.2) is 24.5 Å². The minimum atomic E-state index is -0.273. The average Bonchev–Trinajstić information content (AvgIpc) is 2.70. The number of halogens is 1. The number of hydrogen-bond donors (Lipinski definition) is 2. The third-order valence-electron chi connectivity index (χ3n) is 4.04. The number of amides is 1. The van der Waals surface area contributed by atoms with Crippen LogP contribution in [0.15, 0.2) is 66.9 Å². The van der Waals surface area contributed by atoms with Crippen LogP contribution in [0.5, 0.6) is 5.75 Å². The molecule has 5 nitrogen and oxygen atoms in total. The molecule has 0 aliphatic heterocycles. The summed E-state index contributed by atoms with van der Waals surface area (Å²) in [5, 5.41) is 5.93. The number of para-hydroxylation sites is 2. The maximum absolute atomic E-state index is 13.6. The molecule has 0 aliphatic carbocycles. The van der Waals surface area contributed by atoms with Crippen LogP contribution in [0.4, 0.5) is 15.9 Å². The van der Waals surface area contributed by atoms with Crippen molar-refractivity contribution in [3.05, 3.63) is 83.8 Å². The Kier molecular flexibility index (Phi) is 5.99. The predicted octanol–water partition coefficient (Wildman–Crippen LogP) is 4.14. The summed E-state index contributed by atoms with van der Waals surface area (Å²) in [6.07, 6.45) is 2.04. The molecule has 0 bridgehead atoms. The van der Waals surface area contributed by atoms with E-state index in [2.05, 4.69) is 15.6 Å². The molecule has 27 heavy (non-hydrogen) atoms. The number of anilines is 2. The number of methoxy groups -OCH3 is 1. The third kappa shape index (κ3) is 4.82. The van der Waals surface area contributed by atoms with Crippen molar-refractivity contribution < 1.29 is 13.9 Å². The van der Waals surface area contributed by atoms with E-state index in [-0.39, 0.29) is 11.7 Å². The minimum absolute atomic E-state index is 0.212. The first-order valence-electron chi connectivity index (χ1n) is 8.55. The second-order valence-corrected chi connectivity index (χ2v) is 5.85. The number of pyridine rings is 1. The van der Waals surface area contributed by atoms with Gasteiger partial charge in [0.05, 0.1) is 18.4 Å². The lowest BCUT2D eigenvalue weighted by Crippen LogP contribution is -2.13. The molecule has 1 aromatic heterocycles. The van der Waals surface area contributed by atoms with Gasteiger partial charge < -0.3 is 15.4 Å². The Bertz CT molecular complexity index is 913. The highest BCUT2D eigenvalue weighted by molar-refractivity contribution is 6.04. The summed E-state index contributed by atoms with van der Waals surface area (Å²) in [7, 11) is 1.55. The monoisotopic (exact) mass is 365 g/mol. The van der Waals surface area contributed by atoms with Crippen molar-refractivity contribution in [1.29, 1.82) is 0 Å². The van der Waals surface area contributed by atoms with E-state index in [9.17, 15) is 9.18 Å². The molecule has 1 amide bonds. The van der Waals surface area contributed by atoms with Gasteiger partial charge in [-0.05, 0) is 42.3 Å². The third-order valence-corrected chi connectivity index (χ3v) is 4.04. The topological polar surface area (TPSA) is 63.2 Å². The molecule has 0 aliphatic rings. The van der Waals surface area contributed by atoms with Crippen LogP contribution >= 0.6 is 0 Å². The van der Waals surface area contributed by atoms with Crippen LogP contribution in [0.25, 0.3) is 0 Å². The SMILES string of the molecule is COc1ccccc1NC(=O)c1ccc(NCCc2ccccc2F)nc1. The average molecular weight is 365 g/mol. The van der Waals surface area contributed by atoms with Crippen molar-refractivity contribution in [2.24, 2.45) is 0 Å². The Morgan fingerprint density at radius 1 is 1.07 bits per heavy atom. The van der Waals surface area contributed by atoms with Gasteiger partial charge in [0, 0.05) is 12.7 Å². The fraction of sp³-hybridized carbons (Fsp3) is 0.143. The molecule has 0 radical (unpaired) electrons. The second-order valence-electron chi connectivity index (χ2n) is 5.85. The molecule has 0 saturated carbocycles. The van der Waals surface area contributed by atoms with E-state index in [1.165, 1.54) is 12.3 Å². The minimum Gasteiger partial charge on any atom is -0.495 e. The number of carbonyl (C=O) groups is 1. The Balaban J connectivity index is 1.56. The van der Waals surface area contributed by atoms with Gasteiger partial charge in [-0.2, -0.15) is 0 Å². The van der Waals surface area contributed by atoms with Gasteiger partial charge in [-0.15, -0.1) is 0 Å². The Hall–Kier alpha value is -3.41. The van der Waals surface area contributed by atoms with Crippen LogP contribution in [0, 0.1) is 5.82 Å². The Morgan fingerprint density at radius 2 is 1.85 bits per heavy atom. The van der Waals surface area contributed by atoms with E-state index in [1.54, 1.807) is 43.5 Å². The number of benzene rings is 2. The summed E-state index contributed by atoms with van der Waals surface area (Å²) in [6, 6.07) is 17.3. The van der Waals surface area contributed by atoms with Crippen molar-refractivity contribution in [3.8, 4) is 5.75 Å². The first kappa shape index (κ1) is 18.4. The molecule has 2 N–H and O–H groups in total. The lowest BCUT2D eigenvalue weighted by atomic mass is 10.1. The quantitative estimate of drug-likeness (QED) is 0.661. The standard InChI is InChI=1S/C21H20FN3O2/c1-27-19-9-5-4-8-18(19)25-21(26)16-10-11-20(24-14-16)23-13-12-15-6-2-3-7-17(15)22/h2-11,14H,12-13H2,1H3,(H,23,24)(H,25,26). The highest BCUT2D eigenvalue weighted by Crippen LogP contribution is 2.23.